The molecule has 2 aromatic rings. The number of benzene rings is 2. The van der Waals surface area contributed by atoms with Crippen molar-refractivity contribution in [3.63, 3.8) is 0 Å². The van der Waals surface area contributed by atoms with E-state index in [1.165, 1.54) is 13.2 Å². The minimum atomic E-state index is -0.402. The van der Waals surface area contributed by atoms with E-state index < -0.39 is 5.91 Å². The van der Waals surface area contributed by atoms with Crippen LogP contribution in [0.5, 0.6) is 5.75 Å². The van der Waals surface area contributed by atoms with E-state index >= 15 is 0 Å². The molecule has 164 valence electrons. The van der Waals surface area contributed by atoms with Crippen LogP contribution < -0.4 is 20.3 Å². The Kier molecular flexibility index (Phi) is 7.59. The summed E-state index contributed by atoms with van der Waals surface area (Å²) in [6, 6.07) is 10.2. The molecule has 0 unspecified atom stereocenters. The van der Waals surface area contributed by atoms with Crippen molar-refractivity contribution in [3.8, 4) is 5.75 Å². The summed E-state index contributed by atoms with van der Waals surface area (Å²) in [6.07, 6.45) is 0. The molecule has 7 nitrogen and oxygen atoms in total. The first-order valence-electron chi connectivity index (χ1n) is 9.55. The van der Waals surface area contributed by atoms with Crippen molar-refractivity contribution in [1.82, 2.24) is 10.2 Å². The number of halogens is 2. The van der Waals surface area contributed by atoms with Crippen LogP contribution in [0.25, 0.3) is 0 Å². The number of amides is 2. The molecule has 0 atom stereocenters. The van der Waals surface area contributed by atoms with Crippen LogP contribution in [-0.4, -0.2) is 55.1 Å². The summed E-state index contributed by atoms with van der Waals surface area (Å²) >= 11 is 17.9. The highest BCUT2D eigenvalue weighted by atomic mass is 35.5. The monoisotopic (exact) mass is 480 g/mol. The molecule has 0 aromatic heterocycles. The maximum atomic E-state index is 12.5. The minimum Gasteiger partial charge on any atom is -0.495 e. The molecule has 3 rings (SSSR count). The molecule has 2 aromatic carbocycles. The van der Waals surface area contributed by atoms with E-state index in [4.69, 9.17) is 40.2 Å². The van der Waals surface area contributed by atoms with Gasteiger partial charge in [0.25, 0.3) is 5.91 Å². The third-order valence-corrected chi connectivity index (χ3v) is 5.72. The Bertz CT molecular complexity index is 1010. The van der Waals surface area contributed by atoms with Gasteiger partial charge in [-0.25, -0.2) is 0 Å². The van der Waals surface area contributed by atoms with E-state index in [0.29, 0.717) is 53.2 Å². The Morgan fingerprint density at radius 2 is 1.77 bits per heavy atom. The molecule has 0 bridgehead atoms. The van der Waals surface area contributed by atoms with Crippen LogP contribution in [0.15, 0.2) is 36.4 Å². The molecular weight excluding hydrogens is 459 g/mol. The van der Waals surface area contributed by atoms with Crippen molar-refractivity contribution < 1.29 is 14.3 Å². The first-order chi connectivity index (χ1) is 14.8. The molecule has 0 radical (unpaired) electrons. The van der Waals surface area contributed by atoms with Crippen molar-refractivity contribution in [2.75, 3.05) is 43.5 Å². The van der Waals surface area contributed by atoms with E-state index in [2.05, 4.69) is 15.5 Å². The molecule has 31 heavy (non-hydrogen) atoms. The number of carbonyl (C=O) groups excluding carboxylic acids is 2. The second kappa shape index (κ2) is 10.2. The van der Waals surface area contributed by atoms with Gasteiger partial charge in [-0.1, -0.05) is 29.3 Å². The van der Waals surface area contributed by atoms with Crippen molar-refractivity contribution in [2.45, 2.75) is 6.92 Å². The van der Waals surface area contributed by atoms with Gasteiger partial charge in [0.1, 0.15) is 5.75 Å². The number of ether oxygens (including phenoxy) is 1. The number of nitrogens with one attached hydrogen (secondary N) is 2. The standard InChI is InChI=1S/C21H22Cl2N4O3S/c1-13(28)26-8-10-27(11-9-26)19-15(22)4-3-5-17(19)24-21(31)25-20(29)14-6-7-18(30-2)16(23)12-14/h3-7,12H,8-11H2,1-2H3,(H2,24,25,29,31). The summed E-state index contributed by atoms with van der Waals surface area (Å²) in [5, 5.41) is 6.71. The lowest BCUT2D eigenvalue weighted by Gasteiger charge is -2.37. The Morgan fingerprint density at radius 3 is 2.39 bits per heavy atom. The predicted octanol–water partition coefficient (Wildman–Crippen LogP) is 3.80. The first-order valence-corrected chi connectivity index (χ1v) is 10.7. The largest absolute Gasteiger partial charge is 0.495 e. The van der Waals surface area contributed by atoms with Crippen molar-refractivity contribution in [2.24, 2.45) is 0 Å². The van der Waals surface area contributed by atoms with Gasteiger partial charge >= 0.3 is 0 Å². The molecule has 10 heteroatoms. The summed E-state index contributed by atoms with van der Waals surface area (Å²) in [5.41, 5.74) is 1.79. The SMILES string of the molecule is COc1ccc(C(=O)NC(=S)Nc2cccc(Cl)c2N2CCN(C(C)=O)CC2)cc1Cl. The van der Waals surface area contributed by atoms with Crippen LogP contribution in [0.4, 0.5) is 11.4 Å². The molecule has 1 aliphatic rings. The minimum absolute atomic E-state index is 0.0553. The van der Waals surface area contributed by atoms with Crippen LogP contribution in [0.3, 0.4) is 0 Å². The second-order valence-electron chi connectivity index (χ2n) is 6.89. The van der Waals surface area contributed by atoms with E-state index in [1.807, 2.05) is 6.07 Å². The Hall–Kier alpha value is -2.55. The first kappa shape index (κ1) is 23.1. The van der Waals surface area contributed by atoms with Gasteiger partial charge in [-0.3, -0.25) is 14.9 Å². The maximum Gasteiger partial charge on any atom is 0.257 e. The molecule has 1 aliphatic heterocycles. The number of para-hydroxylation sites is 1. The molecule has 0 saturated carbocycles. The normalized spacial score (nSPS) is 13.5. The number of thiocarbonyl (C=S) groups is 1. The summed E-state index contributed by atoms with van der Waals surface area (Å²) in [7, 11) is 1.50. The lowest BCUT2D eigenvalue weighted by atomic mass is 10.2. The number of hydrogen-bond acceptors (Lipinski definition) is 5. The lowest BCUT2D eigenvalue weighted by molar-refractivity contribution is -0.129. The molecule has 0 spiro atoms. The molecule has 2 N–H and O–H groups in total. The van der Waals surface area contributed by atoms with Crippen LogP contribution in [0.1, 0.15) is 17.3 Å². The number of piperazine rings is 1. The van der Waals surface area contributed by atoms with Gasteiger partial charge < -0.3 is 19.9 Å². The van der Waals surface area contributed by atoms with E-state index in [9.17, 15) is 9.59 Å². The van der Waals surface area contributed by atoms with E-state index in [0.717, 1.165) is 5.69 Å². The highest BCUT2D eigenvalue weighted by molar-refractivity contribution is 7.80. The van der Waals surface area contributed by atoms with Crippen molar-refractivity contribution >= 4 is 63.7 Å². The van der Waals surface area contributed by atoms with Gasteiger partial charge in [-0.15, -0.1) is 0 Å². The number of hydrogen-bond donors (Lipinski definition) is 2. The fraction of sp³-hybridized carbons (Fsp3) is 0.286. The smallest absolute Gasteiger partial charge is 0.257 e. The number of carbonyl (C=O) groups is 2. The molecule has 1 saturated heterocycles. The molecule has 0 aliphatic carbocycles. The summed E-state index contributed by atoms with van der Waals surface area (Å²) < 4.78 is 5.10. The van der Waals surface area contributed by atoms with Crippen LogP contribution in [0.2, 0.25) is 10.0 Å². The van der Waals surface area contributed by atoms with Crippen LogP contribution >= 0.6 is 35.4 Å². The topological polar surface area (TPSA) is 73.9 Å². The maximum absolute atomic E-state index is 12.5. The zero-order chi connectivity index (χ0) is 22.5. The average Bonchev–Trinajstić information content (AvgIpc) is 2.73. The Balaban J connectivity index is 1.70. The van der Waals surface area contributed by atoms with Crippen LogP contribution in [0, 0.1) is 0 Å². The zero-order valence-corrected chi connectivity index (χ0v) is 19.4. The van der Waals surface area contributed by atoms with E-state index in [1.54, 1.807) is 36.1 Å². The van der Waals surface area contributed by atoms with E-state index in [-0.39, 0.29) is 11.0 Å². The molecular formula is C21H22Cl2N4O3S. The average molecular weight is 481 g/mol. The highest BCUT2D eigenvalue weighted by Crippen LogP contribution is 2.34. The highest BCUT2D eigenvalue weighted by Gasteiger charge is 2.23. The molecule has 1 fully saturated rings. The summed E-state index contributed by atoms with van der Waals surface area (Å²) in [5.74, 6) is 0.132. The fourth-order valence-electron chi connectivity index (χ4n) is 3.32. The number of nitrogens with zero attached hydrogens (tertiary/aromatic N) is 2. The van der Waals surface area contributed by atoms with Gasteiger partial charge in [0.05, 0.1) is 28.5 Å². The van der Waals surface area contributed by atoms with Crippen LogP contribution in [-0.2, 0) is 4.79 Å². The van der Waals surface area contributed by atoms with Gasteiger partial charge in [-0.2, -0.15) is 0 Å². The Labute approximate surface area is 196 Å². The van der Waals surface area contributed by atoms with Crippen molar-refractivity contribution in [1.29, 1.82) is 0 Å². The lowest BCUT2D eigenvalue weighted by Crippen LogP contribution is -2.48. The molecule has 1 heterocycles. The van der Waals surface area contributed by atoms with Gasteiger partial charge in [0.15, 0.2) is 5.11 Å². The number of methoxy groups -OCH3 is 1. The Morgan fingerprint density at radius 1 is 1.06 bits per heavy atom. The van der Waals surface area contributed by atoms with Gasteiger partial charge in [0, 0.05) is 38.7 Å². The fourth-order valence-corrected chi connectivity index (χ4v) is 4.07. The summed E-state index contributed by atoms with van der Waals surface area (Å²) in [6.45, 7) is 4.07. The third-order valence-electron chi connectivity index (χ3n) is 4.92. The predicted molar refractivity (Wildman–Crippen MR) is 128 cm³/mol. The third kappa shape index (κ3) is 5.58. The quantitative estimate of drug-likeness (QED) is 0.648. The van der Waals surface area contributed by atoms with Crippen molar-refractivity contribution in [3.05, 3.63) is 52.0 Å². The van der Waals surface area contributed by atoms with Gasteiger partial charge in [0.2, 0.25) is 5.91 Å². The van der Waals surface area contributed by atoms with Gasteiger partial charge in [-0.05, 0) is 42.5 Å². The second-order valence-corrected chi connectivity index (χ2v) is 8.11. The number of rotatable bonds is 4. The molecule has 2 amide bonds. The number of anilines is 2. The zero-order valence-electron chi connectivity index (χ0n) is 17.1. The summed E-state index contributed by atoms with van der Waals surface area (Å²) in [4.78, 5) is 28.0.